The molecule has 1 fully saturated rings. The van der Waals surface area contributed by atoms with Crippen LogP contribution in [0, 0.1) is 0 Å². The number of anilines is 1. The van der Waals surface area contributed by atoms with E-state index in [-0.39, 0.29) is 0 Å². The molecule has 130 valence electrons. The molecule has 0 spiro atoms. The summed E-state index contributed by atoms with van der Waals surface area (Å²) in [6, 6.07) is 8.71. The molecule has 1 aromatic heterocycles. The third-order valence-corrected chi connectivity index (χ3v) is 5.39. The molecule has 0 radical (unpaired) electrons. The van der Waals surface area contributed by atoms with E-state index in [1.54, 1.807) is 25.6 Å². The van der Waals surface area contributed by atoms with Crippen LogP contribution in [-0.2, 0) is 11.3 Å². The molecule has 1 aliphatic heterocycles. The molecule has 7 heteroatoms. The average Bonchev–Trinajstić information content (AvgIpc) is 3.10. The van der Waals surface area contributed by atoms with Gasteiger partial charge in [0.25, 0.3) is 0 Å². The van der Waals surface area contributed by atoms with Gasteiger partial charge in [-0.3, -0.25) is 4.90 Å². The predicted molar refractivity (Wildman–Crippen MR) is 95.8 cm³/mol. The summed E-state index contributed by atoms with van der Waals surface area (Å²) in [5, 5.41) is 10.4. The van der Waals surface area contributed by atoms with E-state index in [4.69, 9.17) is 9.47 Å². The maximum atomic E-state index is 5.34. The fourth-order valence-corrected chi connectivity index (χ4v) is 3.83. The van der Waals surface area contributed by atoms with Crippen LogP contribution in [0.4, 0.5) is 5.13 Å². The molecule has 1 aromatic carbocycles. The van der Waals surface area contributed by atoms with Crippen molar-refractivity contribution in [3.63, 3.8) is 0 Å². The molecule has 0 aliphatic carbocycles. The standard InChI is InChI=1S/C17H24N4O2S/c1-13(14-5-4-6-15(11-14)23-3)20-7-9-21(10-8-20)17-19-18-16(24-17)12-22-2/h4-6,11,13H,7-10,12H2,1-3H3/t13-/m1/s1. The summed E-state index contributed by atoms with van der Waals surface area (Å²) in [7, 11) is 3.39. The Morgan fingerprint density at radius 3 is 2.67 bits per heavy atom. The van der Waals surface area contributed by atoms with Crippen LogP contribution in [0.2, 0.25) is 0 Å². The third-order valence-electron chi connectivity index (χ3n) is 4.43. The van der Waals surface area contributed by atoms with E-state index >= 15 is 0 Å². The summed E-state index contributed by atoms with van der Waals surface area (Å²) in [6.45, 7) is 6.75. The molecule has 0 unspecified atom stereocenters. The highest BCUT2D eigenvalue weighted by Crippen LogP contribution is 2.27. The van der Waals surface area contributed by atoms with Gasteiger partial charge >= 0.3 is 0 Å². The molecule has 3 rings (SSSR count). The predicted octanol–water partition coefficient (Wildman–Crippen LogP) is 2.58. The number of methoxy groups -OCH3 is 2. The number of hydrogen-bond donors (Lipinski definition) is 0. The largest absolute Gasteiger partial charge is 0.497 e. The lowest BCUT2D eigenvalue weighted by Crippen LogP contribution is -2.47. The van der Waals surface area contributed by atoms with Crippen molar-refractivity contribution >= 4 is 16.5 Å². The summed E-state index contributed by atoms with van der Waals surface area (Å²) in [5.41, 5.74) is 1.29. The van der Waals surface area contributed by atoms with Gasteiger partial charge in [-0.25, -0.2) is 0 Å². The quantitative estimate of drug-likeness (QED) is 0.800. The van der Waals surface area contributed by atoms with E-state index in [9.17, 15) is 0 Å². The zero-order valence-electron chi connectivity index (χ0n) is 14.4. The molecular weight excluding hydrogens is 324 g/mol. The minimum Gasteiger partial charge on any atom is -0.497 e. The van der Waals surface area contributed by atoms with Crippen LogP contribution >= 0.6 is 11.3 Å². The summed E-state index contributed by atoms with van der Waals surface area (Å²) in [5.74, 6) is 0.914. The second-order valence-corrected chi connectivity index (χ2v) is 6.93. The maximum absolute atomic E-state index is 5.34. The Kier molecular flexibility index (Phi) is 5.65. The van der Waals surface area contributed by atoms with Gasteiger partial charge in [-0.05, 0) is 24.6 Å². The number of nitrogens with zero attached hydrogens (tertiary/aromatic N) is 4. The van der Waals surface area contributed by atoms with E-state index in [0.29, 0.717) is 12.6 Å². The molecular formula is C17H24N4O2S. The van der Waals surface area contributed by atoms with E-state index in [2.05, 4.69) is 45.1 Å². The van der Waals surface area contributed by atoms with Gasteiger partial charge in [0, 0.05) is 39.3 Å². The van der Waals surface area contributed by atoms with E-state index in [1.807, 2.05) is 6.07 Å². The summed E-state index contributed by atoms with van der Waals surface area (Å²) in [4.78, 5) is 4.81. The highest BCUT2D eigenvalue weighted by Gasteiger charge is 2.24. The van der Waals surface area contributed by atoms with Crippen LogP contribution < -0.4 is 9.64 Å². The molecule has 1 atom stereocenters. The van der Waals surface area contributed by atoms with Crippen molar-refractivity contribution in [3.8, 4) is 5.75 Å². The van der Waals surface area contributed by atoms with Crippen molar-refractivity contribution in [3.05, 3.63) is 34.8 Å². The van der Waals surface area contributed by atoms with Crippen molar-refractivity contribution in [2.75, 3.05) is 45.3 Å². The number of hydrogen-bond acceptors (Lipinski definition) is 7. The first kappa shape index (κ1) is 17.1. The van der Waals surface area contributed by atoms with Crippen LogP contribution in [0.15, 0.2) is 24.3 Å². The van der Waals surface area contributed by atoms with Gasteiger partial charge in [0.1, 0.15) is 17.4 Å². The van der Waals surface area contributed by atoms with Gasteiger partial charge < -0.3 is 14.4 Å². The van der Waals surface area contributed by atoms with Gasteiger partial charge in [0.05, 0.1) is 7.11 Å². The first-order chi connectivity index (χ1) is 11.7. The third kappa shape index (κ3) is 3.85. The topological polar surface area (TPSA) is 50.7 Å². The van der Waals surface area contributed by atoms with Crippen molar-refractivity contribution in [2.24, 2.45) is 0 Å². The van der Waals surface area contributed by atoms with Crippen molar-refractivity contribution < 1.29 is 9.47 Å². The number of aromatic nitrogens is 2. The Morgan fingerprint density at radius 2 is 1.96 bits per heavy atom. The molecule has 24 heavy (non-hydrogen) atoms. The Balaban J connectivity index is 1.59. The van der Waals surface area contributed by atoms with E-state index in [1.165, 1.54) is 5.56 Å². The Hall–Kier alpha value is -1.70. The lowest BCUT2D eigenvalue weighted by molar-refractivity contribution is 0.184. The first-order valence-corrected chi connectivity index (χ1v) is 8.97. The smallest absolute Gasteiger partial charge is 0.208 e. The summed E-state index contributed by atoms with van der Waals surface area (Å²) in [6.07, 6.45) is 0. The van der Waals surface area contributed by atoms with Crippen molar-refractivity contribution in [1.82, 2.24) is 15.1 Å². The molecule has 0 bridgehead atoms. The lowest BCUT2D eigenvalue weighted by atomic mass is 10.1. The molecule has 2 aromatic rings. The van der Waals surface area contributed by atoms with Gasteiger partial charge in [-0.15, -0.1) is 10.2 Å². The molecule has 1 aliphatic rings. The lowest BCUT2D eigenvalue weighted by Gasteiger charge is -2.38. The van der Waals surface area contributed by atoms with Crippen LogP contribution in [0.25, 0.3) is 0 Å². The van der Waals surface area contributed by atoms with Crippen LogP contribution in [0.5, 0.6) is 5.75 Å². The van der Waals surface area contributed by atoms with Gasteiger partial charge in [-0.1, -0.05) is 23.5 Å². The molecule has 0 amide bonds. The van der Waals surface area contributed by atoms with Crippen LogP contribution in [-0.4, -0.2) is 55.5 Å². The average molecular weight is 348 g/mol. The molecule has 2 heterocycles. The number of benzene rings is 1. The Labute approximate surface area is 147 Å². The Bertz CT molecular complexity index is 656. The summed E-state index contributed by atoms with van der Waals surface area (Å²) < 4.78 is 10.5. The highest BCUT2D eigenvalue weighted by molar-refractivity contribution is 7.15. The molecule has 1 saturated heterocycles. The monoisotopic (exact) mass is 348 g/mol. The van der Waals surface area contributed by atoms with Gasteiger partial charge in [0.15, 0.2) is 0 Å². The highest BCUT2D eigenvalue weighted by atomic mass is 32.1. The second-order valence-electron chi connectivity index (χ2n) is 5.89. The molecule has 0 saturated carbocycles. The van der Waals surface area contributed by atoms with Crippen molar-refractivity contribution in [2.45, 2.75) is 19.6 Å². The second kappa shape index (κ2) is 7.92. The van der Waals surface area contributed by atoms with E-state index < -0.39 is 0 Å². The Morgan fingerprint density at radius 1 is 1.17 bits per heavy atom. The summed E-state index contributed by atoms with van der Waals surface area (Å²) >= 11 is 1.62. The number of piperazine rings is 1. The zero-order valence-corrected chi connectivity index (χ0v) is 15.3. The van der Waals surface area contributed by atoms with Gasteiger partial charge in [0.2, 0.25) is 5.13 Å². The van der Waals surface area contributed by atoms with Gasteiger partial charge in [-0.2, -0.15) is 0 Å². The number of rotatable bonds is 6. The fraction of sp³-hybridized carbons (Fsp3) is 0.529. The molecule has 0 N–H and O–H groups in total. The SMILES string of the molecule is COCc1nnc(N2CCN([C@H](C)c3cccc(OC)c3)CC2)s1. The molecule has 6 nitrogen and oxygen atoms in total. The van der Waals surface area contributed by atoms with Crippen LogP contribution in [0.1, 0.15) is 23.5 Å². The minimum atomic E-state index is 0.376. The number of ether oxygens (including phenoxy) is 2. The zero-order chi connectivity index (χ0) is 16.9. The first-order valence-electron chi connectivity index (χ1n) is 8.15. The normalized spacial score (nSPS) is 17.0. The minimum absolute atomic E-state index is 0.376. The maximum Gasteiger partial charge on any atom is 0.208 e. The van der Waals surface area contributed by atoms with E-state index in [0.717, 1.165) is 42.1 Å². The van der Waals surface area contributed by atoms with Crippen molar-refractivity contribution in [1.29, 1.82) is 0 Å². The fourth-order valence-electron chi connectivity index (χ4n) is 2.97. The van der Waals surface area contributed by atoms with Crippen LogP contribution in [0.3, 0.4) is 0 Å².